The first-order valence-corrected chi connectivity index (χ1v) is 6.33. The summed E-state index contributed by atoms with van der Waals surface area (Å²) in [6, 6.07) is 12.4. The maximum Gasteiger partial charge on any atom is 0.188 e. The number of ketones is 1. The van der Waals surface area contributed by atoms with E-state index in [1.54, 1.807) is 42.6 Å². The summed E-state index contributed by atoms with van der Waals surface area (Å²) >= 11 is 0. The highest BCUT2D eigenvalue weighted by Crippen LogP contribution is 2.26. The molecular weight excluding hydrogens is 252 g/mol. The number of hydrogen-bond acceptors (Lipinski definition) is 4. The molecule has 0 aliphatic heterocycles. The van der Waals surface area contributed by atoms with Gasteiger partial charge in [0.15, 0.2) is 5.78 Å². The first-order valence-electron chi connectivity index (χ1n) is 6.33. The summed E-state index contributed by atoms with van der Waals surface area (Å²) in [5, 5.41) is 9.29. The quantitative estimate of drug-likeness (QED) is 0.780. The highest BCUT2D eigenvalue weighted by molar-refractivity contribution is 6.04. The second-order valence-electron chi connectivity index (χ2n) is 4.14. The first-order chi connectivity index (χ1) is 9.77. The number of nitrogens with zero attached hydrogens (tertiary/aromatic N) is 2. The summed E-state index contributed by atoms with van der Waals surface area (Å²) in [5.41, 5.74) is 1.01. The number of ether oxygens (including phenoxy) is 1. The maximum absolute atomic E-state index is 12.5. The topological polar surface area (TPSA) is 63.0 Å². The number of pyridine rings is 1. The second-order valence-corrected chi connectivity index (χ2v) is 4.14. The number of rotatable bonds is 5. The molecule has 20 heavy (non-hydrogen) atoms. The van der Waals surface area contributed by atoms with Gasteiger partial charge in [-0.05, 0) is 30.7 Å². The zero-order valence-corrected chi connectivity index (χ0v) is 11.1. The molecule has 0 amide bonds. The molecule has 0 fully saturated rings. The molecular formula is C16H14N2O2. The molecule has 0 bridgehead atoms. The van der Waals surface area contributed by atoms with Crippen LogP contribution in [0.2, 0.25) is 0 Å². The third-order valence-corrected chi connectivity index (χ3v) is 2.86. The van der Waals surface area contributed by atoms with Gasteiger partial charge in [0.05, 0.1) is 18.2 Å². The Labute approximate surface area is 117 Å². The average Bonchev–Trinajstić information content (AvgIpc) is 2.50. The van der Waals surface area contributed by atoms with Crippen molar-refractivity contribution in [1.29, 1.82) is 5.26 Å². The van der Waals surface area contributed by atoms with Crippen LogP contribution in [0.5, 0.6) is 5.75 Å². The van der Waals surface area contributed by atoms with Crippen LogP contribution in [0.4, 0.5) is 0 Å². The number of benzene rings is 1. The zero-order valence-electron chi connectivity index (χ0n) is 11.1. The van der Waals surface area contributed by atoms with Crippen molar-refractivity contribution in [3.05, 3.63) is 59.9 Å². The monoisotopic (exact) mass is 266 g/mol. The van der Waals surface area contributed by atoms with Crippen molar-refractivity contribution < 1.29 is 9.53 Å². The Kier molecular flexibility index (Phi) is 4.46. The van der Waals surface area contributed by atoms with Gasteiger partial charge in [0.25, 0.3) is 0 Å². The van der Waals surface area contributed by atoms with Gasteiger partial charge in [-0.3, -0.25) is 9.78 Å². The van der Waals surface area contributed by atoms with Crippen LogP contribution in [-0.4, -0.2) is 17.4 Å². The van der Waals surface area contributed by atoms with Crippen molar-refractivity contribution in [3.63, 3.8) is 0 Å². The molecule has 0 aliphatic rings. The van der Waals surface area contributed by atoms with Gasteiger partial charge in [0.2, 0.25) is 0 Å². The molecule has 2 rings (SSSR count). The van der Waals surface area contributed by atoms with Crippen LogP contribution in [0.3, 0.4) is 0 Å². The van der Waals surface area contributed by atoms with E-state index in [-0.39, 0.29) is 5.78 Å². The molecule has 1 aromatic carbocycles. The lowest BCUT2D eigenvalue weighted by atomic mass is 9.92. The molecule has 100 valence electrons. The van der Waals surface area contributed by atoms with Gasteiger partial charge in [0, 0.05) is 12.4 Å². The van der Waals surface area contributed by atoms with E-state index in [0.29, 0.717) is 23.5 Å². The summed E-state index contributed by atoms with van der Waals surface area (Å²) in [7, 11) is 0. The van der Waals surface area contributed by atoms with E-state index in [1.165, 1.54) is 6.20 Å². The van der Waals surface area contributed by atoms with E-state index < -0.39 is 5.92 Å². The van der Waals surface area contributed by atoms with Gasteiger partial charge in [-0.25, -0.2) is 0 Å². The van der Waals surface area contributed by atoms with Crippen LogP contribution in [0.25, 0.3) is 0 Å². The van der Waals surface area contributed by atoms with Crippen LogP contribution in [-0.2, 0) is 0 Å². The highest BCUT2D eigenvalue weighted by atomic mass is 16.5. The Balaban J connectivity index is 2.38. The average molecular weight is 266 g/mol. The fraction of sp³-hybridized carbons (Fsp3) is 0.188. The van der Waals surface area contributed by atoms with E-state index >= 15 is 0 Å². The number of para-hydroxylation sites is 1. The molecule has 4 nitrogen and oxygen atoms in total. The van der Waals surface area contributed by atoms with Gasteiger partial charge >= 0.3 is 0 Å². The van der Waals surface area contributed by atoms with Gasteiger partial charge in [-0.1, -0.05) is 18.2 Å². The van der Waals surface area contributed by atoms with Crippen LogP contribution in [0, 0.1) is 11.3 Å². The molecule has 0 radical (unpaired) electrons. The third kappa shape index (κ3) is 2.83. The van der Waals surface area contributed by atoms with Gasteiger partial charge in [0.1, 0.15) is 11.7 Å². The number of Topliss-reactive ketones (excluding diaryl/α,β-unsaturated/α-hetero) is 1. The second kappa shape index (κ2) is 6.48. The Bertz CT molecular complexity index is 632. The Morgan fingerprint density at radius 3 is 2.80 bits per heavy atom. The summed E-state index contributed by atoms with van der Waals surface area (Å²) in [6.45, 7) is 2.32. The largest absolute Gasteiger partial charge is 0.493 e. The van der Waals surface area contributed by atoms with E-state index in [1.807, 2.05) is 13.0 Å². The summed E-state index contributed by atoms with van der Waals surface area (Å²) < 4.78 is 5.44. The molecule has 0 saturated carbocycles. The Morgan fingerprint density at radius 1 is 1.35 bits per heavy atom. The first kappa shape index (κ1) is 13.8. The van der Waals surface area contributed by atoms with Crippen LogP contribution in [0.1, 0.15) is 28.8 Å². The smallest absolute Gasteiger partial charge is 0.188 e. The number of aromatic nitrogens is 1. The summed E-state index contributed by atoms with van der Waals surface area (Å²) in [4.78, 5) is 16.5. The Hall–Kier alpha value is -2.67. The molecule has 4 heteroatoms. The lowest BCUT2D eigenvalue weighted by Crippen LogP contribution is -2.13. The minimum Gasteiger partial charge on any atom is -0.493 e. The fourth-order valence-corrected chi connectivity index (χ4v) is 1.94. The van der Waals surface area contributed by atoms with E-state index in [2.05, 4.69) is 4.98 Å². The van der Waals surface area contributed by atoms with Crippen molar-refractivity contribution in [3.8, 4) is 11.8 Å². The van der Waals surface area contributed by atoms with Crippen LogP contribution < -0.4 is 4.74 Å². The minimum atomic E-state index is -0.870. The van der Waals surface area contributed by atoms with Crippen molar-refractivity contribution >= 4 is 5.78 Å². The minimum absolute atomic E-state index is 0.274. The van der Waals surface area contributed by atoms with Crippen molar-refractivity contribution in [2.24, 2.45) is 0 Å². The van der Waals surface area contributed by atoms with Gasteiger partial charge < -0.3 is 4.74 Å². The number of carbonyl (C=O) groups is 1. The van der Waals surface area contributed by atoms with Crippen LogP contribution in [0.15, 0.2) is 48.8 Å². The molecule has 1 unspecified atom stereocenters. The SMILES string of the molecule is CCOc1ccccc1C(=O)C(C#N)c1cccnc1. The molecule has 0 aliphatic carbocycles. The lowest BCUT2D eigenvalue weighted by molar-refractivity contribution is 0.0975. The number of carbonyl (C=O) groups excluding carboxylic acids is 1. The van der Waals surface area contributed by atoms with Gasteiger partial charge in [-0.15, -0.1) is 0 Å². The van der Waals surface area contributed by atoms with E-state index in [0.717, 1.165) is 0 Å². The molecule has 2 aromatic rings. The molecule has 1 atom stereocenters. The normalized spacial score (nSPS) is 11.4. The third-order valence-electron chi connectivity index (χ3n) is 2.86. The standard InChI is InChI=1S/C16H14N2O2/c1-2-20-15-8-4-3-7-13(15)16(19)14(10-17)12-6-5-9-18-11-12/h3-9,11,14H,2H2,1H3. The number of hydrogen-bond donors (Lipinski definition) is 0. The molecule has 0 spiro atoms. The number of nitriles is 1. The zero-order chi connectivity index (χ0) is 14.4. The molecule has 1 aromatic heterocycles. The predicted molar refractivity (Wildman–Crippen MR) is 74.5 cm³/mol. The summed E-state index contributed by atoms with van der Waals surface area (Å²) in [6.07, 6.45) is 3.14. The van der Waals surface area contributed by atoms with Gasteiger partial charge in [-0.2, -0.15) is 5.26 Å². The van der Waals surface area contributed by atoms with Crippen LogP contribution >= 0.6 is 0 Å². The fourth-order valence-electron chi connectivity index (χ4n) is 1.94. The van der Waals surface area contributed by atoms with Crippen molar-refractivity contribution in [2.75, 3.05) is 6.61 Å². The molecule has 1 heterocycles. The lowest BCUT2D eigenvalue weighted by Gasteiger charge is -2.12. The Morgan fingerprint density at radius 2 is 2.15 bits per heavy atom. The van der Waals surface area contributed by atoms with E-state index in [4.69, 9.17) is 4.74 Å². The predicted octanol–water partition coefficient (Wildman–Crippen LogP) is 2.97. The summed E-state index contributed by atoms with van der Waals surface area (Å²) in [5.74, 6) is -0.640. The van der Waals surface area contributed by atoms with Crippen molar-refractivity contribution in [2.45, 2.75) is 12.8 Å². The highest BCUT2D eigenvalue weighted by Gasteiger charge is 2.24. The molecule has 0 saturated heterocycles. The molecule has 0 N–H and O–H groups in total. The van der Waals surface area contributed by atoms with Crippen molar-refractivity contribution in [1.82, 2.24) is 4.98 Å². The van der Waals surface area contributed by atoms with E-state index in [9.17, 15) is 10.1 Å². The maximum atomic E-state index is 12.5.